The molecule has 0 bridgehead atoms. The van der Waals surface area contributed by atoms with Crippen LogP contribution < -0.4 is 17.0 Å². The number of aromatic nitrogens is 2. The second kappa shape index (κ2) is 9.09. The Morgan fingerprint density at radius 3 is 2.35 bits per heavy atom. The number of fused-ring (bicyclic) bond motifs is 1. The van der Waals surface area contributed by atoms with Crippen LogP contribution in [0, 0.1) is 0 Å². The smallest absolute Gasteiger partial charge is 0.325 e. The third-order valence-corrected chi connectivity index (χ3v) is 7.11. The number of aryl methyl sites for hydroxylation is 1. The summed E-state index contributed by atoms with van der Waals surface area (Å²) in [4.78, 5) is 1.24. The topological polar surface area (TPSA) is 18.0 Å². The zero-order valence-corrected chi connectivity index (χ0v) is 18.5. The second-order valence-electron chi connectivity index (χ2n) is 7.52. The van der Waals surface area contributed by atoms with Crippen LogP contribution in [0.2, 0.25) is 25.7 Å². The van der Waals surface area contributed by atoms with Crippen LogP contribution in [-0.2, 0) is 18.5 Å². The molecule has 6 heteroatoms. The van der Waals surface area contributed by atoms with E-state index in [2.05, 4.69) is 90.4 Å². The van der Waals surface area contributed by atoms with E-state index in [-0.39, 0.29) is 12.4 Å². The molecule has 0 saturated heterocycles. The number of rotatable bonds is 7. The largest absolute Gasteiger partial charge is 1.00 e. The Morgan fingerprint density at radius 2 is 1.65 bits per heavy atom. The lowest BCUT2D eigenvalue weighted by Gasteiger charge is -2.14. The molecule has 0 unspecified atom stereocenters. The number of nitrogens with zero attached hydrogens (tertiary/aromatic N) is 2. The number of hydrogen-bond donors (Lipinski definition) is 0. The molecule has 0 aliphatic heterocycles. The van der Waals surface area contributed by atoms with Gasteiger partial charge in [0.25, 0.3) is 0 Å². The molecule has 26 heavy (non-hydrogen) atoms. The van der Waals surface area contributed by atoms with Gasteiger partial charge in [0.15, 0.2) is 17.8 Å². The van der Waals surface area contributed by atoms with E-state index in [0.717, 1.165) is 6.61 Å². The Hall–Kier alpha value is -1.27. The van der Waals surface area contributed by atoms with E-state index in [1.807, 2.05) is 0 Å². The molecule has 1 heterocycles. The number of para-hydroxylation sites is 2. The summed E-state index contributed by atoms with van der Waals surface area (Å²) in [5, 5.41) is 1.19. The number of hydrogen-bond acceptors (Lipinski definition) is 2. The highest BCUT2D eigenvalue weighted by atomic mass is 35.5. The van der Waals surface area contributed by atoms with Crippen LogP contribution >= 0.6 is 11.8 Å². The lowest BCUT2D eigenvalue weighted by Crippen LogP contribution is -3.00. The first-order chi connectivity index (χ1) is 12.0. The zero-order chi connectivity index (χ0) is 17.9. The average Bonchev–Trinajstić information content (AvgIpc) is 2.85. The van der Waals surface area contributed by atoms with Crippen LogP contribution in [0.1, 0.15) is 0 Å². The van der Waals surface area contributed by atoms with Gasteiger partial charge in [-0.1, -0.05) is 50.0 Å². The minimum absolute atomic E-state index is 0. The van der Waals surface area contributed by atoms with E-state index < -0.39 is 8.07 Å². The van der Waals surface area contributed by atoms with E-state index >= 15 is 0 Å². The fourth-order valence-corrected chi connectivity index (χ4v) is 4.50. The fourth-order valence-electron chi connectivity index (χ4n) is 2.74. The highest BCUT2D eigenvalue weighted by Crippen LogP contribution is 2.28. The van der Waals surface area contributed by atoms with Crippen molar-refractivity contribution in [2.75, 3.05) is 6.61 Å². The van der Waals surface area contributed by atoms with Gasteiger partial charge in [-0.25, -0.2) is 4.57 Å². The van der Waals surface area contributed by atoms with Gasteiger partial charge in [0, 0.05) is 19.6 Å². The summed E-state index contributed by atoms with van der Waals surface area (Å²) in [6.45, 7) is 8.59. The van der Waals surface area contributed by atoms with E-state index in [1.54, 1.807) is 11.8 Å². The number of imidazole rings is 1. The summed E-state index contributed by atoms with van der Waals surface area (Å²) in [5.74, 6) is 0. The second-order valence-corrected chi connectivity index (χ2v) is 14.2. The molecule has 0 fully saturated rings. The maximum absolute atomic E-state index is 6.07. The molecule has 0 N–H and O–H groups in total. The summed E-state index contributed by atoms with van der Waals surface area (Å²) in [5.41, 5.74) is 2.45. The maximum Gasteiger partial charge on any atom is 0.325 e. The van der Waals surface area contributed by atoms with E-state index in [0.29, 0.717) is 6.73 Å². The minimum atomic E-state index is -1.06. The van der Waals surface area contributed by atoms with E-state index in [9.17, 15) is 0 Å². The van der Waals surface area contributed by atoms with Crippen molar-refractivity contribution in [3.05, 3.63) is 54.6 Å². The van der Waals surface area contributed by atoms with Crippen molar-refractivity contribution in [2.24, 2.45) is 7.05 Å². The summed E-state index contributed by atoms with van der Waals surface area (Å²) in [6, 6.07) is 20.2. The fraction of sp³-hybridized carbons (Fsp3) is 0.350. The Morgan fingerprint density at radius 1 is 1.00 bits per heavy atom. The Labute approximate surface area is 167 Å². The zero-order valence-electron chi connectivity index (χ0n) is 15.9. The van der Waals surface area contributed by atoms with Gasteiger partial charge in [-0.15, -0.1) is 0 Å². The van der Waals surface area contributed by atoms with Gasteiger partial charge < -0.3 is 17.1 Å². The molecule has 3 rings (SSSR count). The molecule has 2 aromatic carbocycles. The van der Waals surface area contributed by atoms with Crippen molar-refractivity contribution in [1.29, 1.82) is 0 Å². The molecule has 0 atom stereocenters. The molecule has 0 radical (unpaired) electrons. The van der Waals surface area contributed by atoms with Crippen LogP contribution in [0.5, 0.6) is 0 Å². The van der Waals surface area contributed by atoms with Crippen LogP contribution in [0.25, 0.3) is 11.0 Å². The van der Waals surface area contributed by atoms with Crippen LogP contribution in [0.15, 0.2) is 64.6 Å². The lowest BCUT2D eigenvalue weighted by atomic mass is 10.3. The van der Waals surface area contributed by atoms with Crippen molar-refractivity contribution in [3.63, 3.8) is 0 Å². The van der Waals surface area contributed by atoms with Gasteiger partial charge in [-0.05, 0) is 42.1 Å². The van der Waals surface area contributed by atoms with Gasteiger partial charge in [-0.3, -0.25) is 0 Å². The monoisotopic (exact) mass is 406 g/mol. The first-order valence-electron chi connectivity index (χ1n) is 8.74. The van der Waals surface area contributed by atoms with Gasteiger partial charge in [0.2, 0.25) is 0 Å². The predicted octanol–water partition coefficient (Wildman–Crippen LogP) is 1.93. The molecule has 140 valence electrons. The van der Waals surface area contributed by atoms with Crippen molar-refractivity contribution in [3.8, 4) is 0 Å². The third-order valence-electron chi connectivity index (χ3n) is 4.22. The molecule has 3 aromatic rings. The molecule has 0 aliphatic carbocycles. The number of halogens is 1. The van der Waals surface area contributed by atoms with Gasteiger partial charge in [0.05, 0.1) is 7.05 Å². The molecule has 1 aromatic heterocycles. The number of benzene rings is 2. The Balaban J connectivity index is 0.00000243. The van der Waals surface area contributed by atoms with Gasteiger partial charge in [0.1, 0.15) is 0 Å². The van der Waals surface area contributed by atoms with Crippen molar-refractivity contribution >= 4 is 30.9 Å². The summed E-state index contributed by atoms with van der Waals surface area (Å²) >= 11 is 1.78. The molecular weight excluding hydrogens is 380 g/mol. The first kappa shape index (κ1) is 21.0. The van der Waals surface area contributed by atoms with Crippen LogP contribution in [0.4, 0.5) is 0 Å². The van der Waals surface area contributed by atoms with Crippen molar-refractivity contribution in [1.82, 2.24) is 4.57 Å². The average molecular weight is 407 g/mol. The minimum Gasteiger partial charge on any atom is -1.00 e. The van der Waals surface area contributed by atoms with Gasteiger partial charge >= 0.3 is 5.16 Å². The predicted molar refractivity (Wildman–Crippen MR) is 108 cm³/mol. The molecule has 0 spiro atoms. The maximum atomic E-state index is 6.07. The molecule has 0 aliphatic rings. The standard InChI is InChI=1S/C20H27N2OSSi.ClH/c1-21-18-12-8-9-13-19(18)22(16-23-14-15-25(2,3)4)20(21)24-17-10-6-5-7-11-17;/h5-13H,14-16H2,1-4H3;1H/q+1;/p-1. The van der Waals surface area contributed by atoms with Gasteiger partial charge in [-0.2, -0.15) is 4.57 Å². The first-order valence-corrected chi connectivity index (χ1v) is 13.3. The highest BCUT2D eigenvalue weighted by Gasteiger charge is 2.24. The Bertz CT molecular complexity index is 846. The summed E-state index contributed by atoms with van der Waals surface area (Å²) < 4.78 is 10.6. The summed E-state index contributed by atoms with van der Waals surface area (Å²) in [6.07, 6.45) is 0. The summed E-state index contributed by atoms with van der Waals surface area (Å²) in [7, 11) is 1.07. The van der Waals surface area contributed by atoms with Crippen molar-refractivity contribution in [2.45, 2.75) is 42.5 Å². The SMILES string of the molecule is C[n+]1c(Sc2ccccc2)n(COCC[Si](C)(C)C)c2ccccc21.[Cl-]. The third kappa shape index (κ3) is 5.13. The van der Waals surface area contributed by atoms with Crippen molar-refractivity contribution < 1.29 is 21.7 Å². The molecule has 0 amide bonds. The number of ether oxygens (including phenoxy) is 1. The molecule has 3 nitrogen and oxygen atoms in total. The Kier molecular flexibility index (Phi) is 7.35. The normalized spacial score (nSPS) is 11.5. The lowest BCUT2D eigenvalue weighted by molar-refractivity contribution is -0.685. The van der Waals surface area contributed by atoms with Crippen LogP contribution in [0.3, 0.4) is 0 Å². The van der Waals surface area contributed by atoms with Crippen LogP contribution in [-0.4, -0.2) is 19.2 Å². The molecule has 0 saturated carbocycles. The molecular formula is C20H27ClN2OSSi. The quantitative estimate of drug-likeness (QED) is 0.339. The van der Waals surface area contributed by atoms with E-state index in [1.165, 1.54) is 27.1 Å². The highest BCUT2D eigenvalue weighted by molar-refractivity contribution is 7.99. The van der Waals surface area contributed by atoms with E-state index in [4.69, 9.17) is 4.74 Å².